The van der Waals surface area contributed by atoms with Crippen LogP contribution in [0.3, 0.4) is 0 Å². The van der Waals surface area contributed by atoms with E-state index in [2.05, 4.69) is 10.4 Å². The lowest BCUT2D eigenvalue weighted by Gasteiger charge is -2.22. The first-order valence-electron chi connectivity index (χ1n) is 6.93. The third-order valence-electron chi connectivity index (χ3n) is 3.16. The molecule has 2 aromatic rings. The second-order valence-electron chi connectivity index (χ2n) is 6.04. The first-order chi connectivity index (χ1) is 10.3. The van der Waals surface area contributed by atoms with Crippen molar-refractivity contribution in [1.82, 2.24) is 9.78 Å². The summed E-state index contributed by atoms with van der Waals surface area (Å²) >= 11 is 0. The van der Waals surface area contributed by atoms with Crippen LogP contribution in [0.5, 0.6) is 0 Å². The number of hydrogen-bond donors (Lipinski definition) is 2. The first-order valence-corrected chi connectivity index (χ1v) is 6.93. The number of aliphatic carboxylic acids is 1. The molecule has 0 bridgehead atoms. The zero-order chi connectivity index (χ0) is 16.3. The van der Waals surface area contributed by atoms with Crippen LogP contribution in [-0.4, -0.2) is 26.8 Å². The normalized spacial score (nSPS) is 11.2. The Bertz CT molecular complexity index is 699. The lowest BCUT2D eigenvalue weighted by Crippen LogP contribution is -2.21. The maximum atomic E-state index is 12.4. The molecule has 0 aliphatic rings. The molecule has 2 rings (SSSR count). The Kier molecular flexibility index (Phi) is 4.30. The number of hydrogen-bond acceptors (Lipinski definition) is 3. The van der Waals surface area contributed by atoms with Gasteiger partial charge < -0.3 is 10.4 Å². The summed E-state index contributed by atoms with van der Waals surface area (Å²) in [6, 6.07) is 8.98. The average molecular weight is 301 g/mol. The Morgan fingerprint density at radius 3 is 2.55 bits per heavy atom. The highest BCUT2D eigenvalue weighted by Gasteiger charge is 2.21. The molecule has 0 aliphatic heterocycles. The summed E-state index contributed by atoms with van der Waals surface area (Å²) < 4.78 is 1.26. The van der Waals surface area contributed by atoms with Crippen LogP contribution in [0.1, 0.15) is 36.7 Å². The number of anilines is 1. The van der Waals surface area contributed by atoms with Crippen molar-refractivity contribution in [1.29, 1.82) is 0 Å². The minimum Gasteiger partial charge on any atom is -0.480 e. The lowest BCUT2D eigenvalue weighted by atomic mass is 9.83. The van der Waals surface area contributed by atoms with Crippen LogP contribution in [0.15, 0.2) is 36.5 Å². The summed E-state index contributed by atoms with van der Waals surface area (Å²) in [7, 11) is 0. The molecule has 1 aromatic carbocycles. The molecule has 0 fully saturated rings. The van der Waals surface area contributed by atoms with E-state index in [9.17, 15) is 9.59 Å². The summed E-state index contributed by atoms with van der Waals surface area (Å²) in [5.74, 6) is -0.917. The Morgan fingerprint density at radius 1 is 1.23 bits per heavy atom. The molecule has 1 aromatic heterocycles. The number of carboxylic acids is 1. The second-order valence-corrected chi connectivity index (χ2v) is 6.04. The van der Waals surface area contributed by atoms with Crippen molar-refractivity contribution in [3.63, 3.8) is 0 Å². The van der Waals surface area contributed by atoms with E-state index in [1.54, 1.807) is 12.1 Å². The molecule has 0 saturated heterocycles. The third kappa shape index (κ3) is 3.72. The number of carbonyl (C=O) groups is 2. The minimum atomic E-state index is -0.987. The topological polar surface area (TPSA) is 84.2 Å². The van der Waals surface area contributed by atoms with Gasteiger partial charge in [-0.25, -0.2) is 0 Å². The molecular formula is C16H19N3O3. The van der Waals surface area contributed by atoms with E-state index in [0.29, 0.717) is 11.4 Å². The van der Waals surface area contributed by atoms with E-state index < -0.39 is 5.97 Å². The molecular weight excluding hydrogens is 282 g/mol. The fourth-order valence-electron chi connectivity index (χ4n) is 2.17. The van der Waals surface area contributed by atoms with Crippen LogP contribution >= 0.6 is 0 Å². The molecule has 0 radical (unpaired) electrons. The van der Waals surface area contributed by atoms with E-state index in [1.165, 1.54) is 10.9 Å². The van der Waals surface area contributed by atoms with Gasteiger partial charge in [0.05, 0.1) is 0 Å². The number of carbonyl (C=O) groups excluding carboxylic acids is 1. The number of benzene rings is 1. The number of aromatic nitrogens is 2. The summed E-state index contributed by atoms with van der Waals surface area (Å²) in [5, 5.41) is 15.4. The molecule has 2 N–H and O–H groups in total. The number of nitrogens with zero attached hydrogens (tertiary/aromatic N) is 2. The van der Waals surface area contributed by atoms with Crippen molar-refractivity contribution in [3.8, 4) is 0 Å². The molecule has 6 heteroatoms. The van der Waals surface area contributed by atoms with Gasteiger partial charge in [-0.3, -0.25) is 14.3 Å². The monoisotopic (exact) mass is 301 g/mol. The van der Waals surface area contributed by atoms with Gasteiger partial charge >= 0.3 is 5.97 Å². The molecule has 0 saturated carbocycles. The predicted molar refractivity (Wildman–Crippen MR) is 83.0 cm³/mol. The molecule has 116 valence electrons. The quantitative estimate of drug-likeness (QED) is 0.908. The van der Waals surface area contributed by atoms with Gasteiger partial charge in [-0.05, 0) is 17.0 Å². The first kappa shape index (κ1) is 15.8. The largest absolute Gasteiger partial charge is 0.480 e. The summed E-state index contributed by atoms with van der Waals surface area (Å²) in [6.45, 7) is 5.89. The predicted octanol–water partition coefficient (Wildman–Crippen LogP) is 2.52. The SMILES string of the molecule is CC(C)(C)c1ccccc1C(=O)Nc1ccn(CC(=O)O)n1. The van der Waals surface area contributed by atoms with Crippen LogP contribution < -0.4 is 5.32 Å². The Labute approximate surface area is 128 Å². The van der Waals surface area contributed by atoms with Crippen molar-refractivity contribution in [2.24, 2.45) is 0 Å². The standard InChI is InChI=1S/C16H19N3O3/c1-16(2,3)12-7-5-4-6-11(12)15(22)17-13-8-9-19(18-13)10-14(20)21/h4-9H,10H2,1-3H3,(H,20,21)(H,17,18,22). The summed E-state index contributed by atoms with van der Waals surface area (Å²) in [6.07, 6.45) is 1.51. The van der Waals surface area contributed by atoms with Gasteiger partial charge in [0.1, 0.15) is 6.54 Å². The van der Waals surface area contributed by atoms with E-state index in [1.807, 2.05) is 39.0 Å². The van der Waals surface area contributed by atoms with E-state index >= 15 is 0 Å². The van der Waals surface area contributed by atoms with Crippen LogP contribution in [0, 0.1) is 0 Å². The van der Waals surface area contributed by atoms with Gasteiger partial charge in [0.25, 0.3) is 5.91 Å². The van der Waals surface area contributed by atoms with E-state index in [-0.39, 0.29) is 17.9 Å². The van der Waals surface area contributed by atoms with Crippen molar-refractivity contribution >= 4 is 17.7 Å². The highest BCUT2D eigenvalue weighted by Crippen LogP contribution is 2.26. The third-order valence-corrected chi connectivity index (χ3v) is 3.16. The fraction of sp³-hybridized carbons (Fsp3) is 0.312. The molecule has 6 nitrogen and oxygen atoms in total. The van der Waals surface area contributed by atoms with Crippen molar-refractivity contribution in [2.75, 3.05) is 5.32 Å². The zero-order valence-corrected chi connectivity index (χ0v) is 12.8. The van der Waals surface area contributed by atoms with Gasteiger partial charge in [0, 0.05) is 17.8 Å². The Hall–Kier alpha value is -2.63. The van der Waals surface area contributed by atoms with Gasteiger partial charge in [-0.15, -0.1) is 0 Å². The minimum absolute atomic E-state index is 0.156. The maximum absolute atomic E-state index is 12.4. The lowest BCUT2D eigenvalue weighted by molar-refractivity contribution is -0.137. The van der Waals surface area contributed by atoms with Gasteiger partial charge in [-0.1, -0.05) is 39.0 Å². The number of nitrogens with one attached hydrogen (secondary N) is 1. The number of rotatable bonds is 4. The molecule has 0 aliphatic carbocycles. The number of carboxylic acid groups (broad SMARTS) is 1. The molecule has 1 amide bonds. The van der Waals surface area contributed by atoms with Crippen LogP contribution in [0.4, 0.5) is 5.82 Å². The zero-order valence-electron chi connectivity index (χ0n) is 12.8. The molecule has 1 heterocycles. The van der Waals surface area contributed by atoms with Gasteiger partial charge in [-0.2, -0.15) is 5.10 Å². The van der Waals surface area contributed by atoms with Crippen LogP contribution in [-0.2, 0) is 16.8 Å². The van der Waals surface area contributed by atoms with E-state index in [0.717, 1.165) is 5.56 Å². The highest BCUT2D eigenvalue weighted by molar-refractivity contribution is 6.05. The molecule has 0 atom stereocenters. The summed E-state index contributed by atoms with van der Waals surface area (Å²) in [4.78, 5) is 23.1. The van der Waals surface area contributed by atoms with Crippen LogP contribution in [0.25, 0.3) is 0 Å². The highest BCUT2D eigenvalue weighted by atomic mass is 16.4. The van der Waals surface area contributed by atoms with Gasteiger partial charge in [0.15, 0.2) is 5.82 Å². The van der Waals surface area contributed by atoms with Crippen molar-refractivity contribution < 1.29 is 14.7 Å². The van der Waals surface area contributed by atoms with Crippen molar-refractivity contribution in [3.05, 3.63) is 47.7 Å². The van der Waals surface area contributed by atoms with Crippen molar-refractivity contribution in [2.45, 2.75) is 32.7 Å². The summed E-state index contributed by atoms with van der Waals surface area (Å²) in [5.41, 5.74) is 1.37. The van der Waals surface area contributed by atoms with Gasteiger partial charge in [0.2, 0.25) is 0 Å². The average Bonchev–Trinajstić information content (AvgIpc) is 2.84. The molecule has 0 unspecified atom stereocenters. The smallest absolute Gasteiger partial charge is 0.325 e. The van der Waals surface area contributed by atoms with E-state index in [4.69, 9.17) is 5.11 Å². The Balaban J connectivity index is 2.20. The Morgan fingerprint density at radius 2 is 1.91 bits per heavy atom. The number of amides is 1. The molecule has 22 heavy (non-hydrogen) atoms. The maximum Gasteiger partial charge on any atom is 0.325 e. The molecule has 0 spiro atoms. The second kappa shape index (κ2) is 6.01. The van der Waals surface area contributed by atoms with Crippen LogP contribution in [0.2, 0.25) is 0 Å². The fourth-order valence-corrected chi connectivity index (χ4v) is 2.17.